The van der Waals surface area contributed by atoms with E-state index in [1.807, 2.05) is 19.1 Å². The molecule has 0 unspecified atom stereocenters. The number of carbonyl (C=O) groups excluding carboxylic acids is 3. The van der Waals surface area contributed by atoms with E-state index in [1.165, 1.54) is 24.3 Å². The van der Waals surface area contributed by atoms with Crippen LogP contribution in [0.3, 0.4) is 0 Å². The molecule has 5 rings (SSSR count). The third-order valence-electron chi connectivity index (χ3n) is 6.54. The van der Waals surface area contributed by atoms with Gasteiger partial charge in [0.1, 0.15) is 5.82 Å². The summed E-state index contributed by atoms with van der Waals surface area (Å²) in [5.74, 6) is -2.37. The van der Waals surface area contributed by atoms with Gasteiger partial charge in [-0.3, -0.25) is 19.3 Å². The molecule has 148 valence electrons. The molecule has 2 aromatic carbocycles. The lowest BCUT2D eigenvalue weighted by molar-refractivity contribution is -0.123. The van der Waals surface area contributed by atoms with Crippen molar-refractivity contribution in [3.8, 4) is 0 Å². The summed E-state index contributed by atoms with van der Waals surface area (Å²) in [6, 6.07) is 12.0. The molecule has 6 heteroatoms. The number of Topliss-reactive ketones (excluding diaryl/α,β-unsaturated/α-hetero) is 1. The van der Waals surface area contributed by atoms with Crippen LogP contribution in [0.1, 0.15) is 28.8 Å². The van der Waals surface area contributed by atoms with Crippen molar-refractivity contribution in [2.75, 3.05) is 11.4 Å². The zero-order valence-corrected chi connectivity index (χ0v) is 16.0. The number of nitrogens with zero attached hydrogens (tertiary/aromatic N) is 2. The Kier molecular flexibility index (Phi) is 4.13. The number of fused-ring (bicyclic) bond motifs is 3. The van der Waals surface area contributed by atoms with E-state index in [9.17, 15) is 18.8 Å². The molecule has 0 saturated carbocycles. The molecular weight excluding hydrogens is 371 g/mol. The third kappa shape index (κ3) is 2.66. The van der Waals surface area contributed by atoms with Crippen molar-refractivity contribution < 1.29 is 18.8 Å². The third-order valence-corrected chi connectivity index (χ3v) is 6.54. The average Bonchev–Trinajstić information content (AvgIpc) is 3.35. The second-order valence-electron chi connectivity index (χ2n) is 8.16. The van der Waals surface area contributed by atoms with Gasteiger partial charge < -0.3 is 0 Å². The molecule has 0 bridgehead atoms. The highest BCUT2D eigenvalue weighted by atomic mass is 19.1. The Morgan fingerprint density at radius 2 is 1.62 bits per heavy atom. The van der Waals surface area contributed by atoms with Gasteiger partial charge in [-0.05, 0) is 50.6 Å². The number of amides is 2. The fourth-order valence-electron chi connectivity index (χ4n) is 5.25. The van der Waals surface area contributed by atoms with Crippen molar-refractivity contribution in [1.82, 2.24) is 4.90 Å². The van der Waals surface area contributed by atoms with Gasteiger partial charge in [-0.25, -0.2) is 9.29 Å². The highest BCUT2D eigenvalue weighted by molar-refractivity contribution is 6.24. The van der Waals surface area contributed by atoms with Gasteiger partial charge in [0, 0.05) is 11.6 Å². The molecule has 3 fully saturated rings. The zero-order valence-electron chi connectivity index (χ0n) is 16.0. The van der Waals surface area contributed by atoms with E-state index in [4.69, 9.17) is 0 Å². The van der Waals surface area contributed by atoms with Gasteiger partial charge in [0.15, 0.2) is 5.78 Å². The first-order chi connectivity index (χ1) is 14.0. The topological polar surface area (TPSA) is 57.7 Å². The van der Waals surface area contributed by atoms with E-state index in [-0.39, 0.29) is 23.6 Å². The van der Waals surface area contributed by atoms with Gasteiger partial charge >= 0.3 is 0 Å². The molecule has 3 aliphatic rings. The van der Waals surface area contributed by atoms with Gasteiger partial charge in [-0.15, -0.1) is 0 Å². The van der Waals surface area contributed by atoms with Crippen molar-refractivity contribution in [3.63, 3.8) is 0 Å². The normalized spacial score (nSPS) is 28.7. The predicted molar refractivity (Wildman–Crippen MR) is 105 cm³/mol. The predicted octanol–water partition coefficient (Wildman–Crippen LogP) is 2.97. The molecule has 29 heavy (non-hydrogen) atoms. The van der Waals surface area contributed by atoms with Crippen LogP contribution in [0.15, 0.2) is 48.5 Å². The molecule has 0 aliphatic carbocycles. The maximum absolute atomic E-state index is 13.4. The molecule has 0 N–H and O–H groups in total. The molecule has 3 saturated heterocycles. The fraction of sp³-hybridized carbons (Fsp3) is 0.348. The Balaban J connectivity index is 1.54. The summed E-state index contributed by atoms with van der Waals surface area (Å²) in [6.45, 7) is 2.67. The van der Waals surface area contributed by atoms with E-state index < -0.39 is 23.7 Å². The first-order valence-corrected chi connectivity index (χ1v) is 9.97. The highest BCUT2D eigenvalue weighted by Gasteiger charge is 2.64. The van der Waals surface area contributed by atoms with Gasteiger partial charge in [0.05, 0.1) is 23.6 Å². The van der Waals surface area contributed by atoms with Crippen molar-refractivity contribution in [1.29, 1.82) is 0 Å². The maximum Gasteiger partial charge on any atom is 0.239 e. The minimum absolute atomic E-state index is 0.0960. The lowest BCUT2D eigenvalue weighted by Crippen LogP contribution is -2.46. The van der Waals surface area contributed by atoms with Crippen molar-refractivity contribution in [2.24, 2.45) is 11.8 Å². The number of ketones is 1. The van der Waals surface area contributed by atoms with Gasteiger partial charge in [-0.1, -0.05) is 29.8 Å². The fourth-order valence-corrected chi connectivity index (χ4v) is 5.25. The Morgan fingerprint density at radius 1 is 0.966 bits per heavy atom. The number of hydrogen-bond acceptors (Lipinski definition) is 4. The smallest absolute Gasteiger partial charge is 0.239 e. The van der Waals surface area contributed by atoms with E-state index in [0.29, 0.717) is 11.3 Å². The lowest BCUT2D eigenvalue weighted by Gasteiger charge is -2.27. The first-order valence-electron chi connectivity index (χ1n) is 9.97. The summed E-state index contributed by atoms with van der Waals surface area (Å²) in [7, 11) is 0. The van der Waals surface area contributed by atoms with Crippen LogP contribution in [0.2, 0.25) is 0 Å². The number of benzene rings is 2. The lowest BCUT2D eigenvalue weighted by atomic mass is 9.85. The molecule has 2 amide bonds. The highest BCUT2D eigenvalue weighted by Crippen LogP contribution is 2.48. The van der Waals surface area contributed by atoms with E-state index in [2.05, 4.69) is 4.90 Å². The second-order valence-corrected chi connectivity index (χ2v) is 8.16. The van der Waals surface area contributed by atoms with Gasteiger partial charge in [-0.2, -0.15) is 0 Å². The number of imide groups is 1. The number of rotatable bonds is 3. The Hall–Kier alpha value is -2.86. The molecule has 2 aromatic rings. The average molecular weight is 392 g/mol. The van der Waals surface area contributed by atoms with E-state index in [1.54, 1.807) is 12.1 Å². The van der Waals surface area contributed by atoms with Crippen LogP contribution in [-0.4, -0.2) is 41.1 Å². The Bertz CT molecular complexity index is 1000. The Labute approximate surface area is 168 Å². The number of carbonyl (C=O) groups is 3. The molecule has 0 spiro atoms. The molecule has 0 aromatic heterocycles. The van der Waals surface area contributed by atoms with Crippen LogP contribution >= 0.6 is 0 Å². The zero-order chi connectivity index (χ0) is 20.3. The van der Waals surface area contributed by atoms with Crippen molar-refractivity contribution in [2.45, 2.75) is 31.8 Å². The van der Waals surface area contributed by atoms with Crippen LogP contribution < -0.4 is 4.90 Å². The summed E-state index contributed by atoms with van der Waals surface area (Å²) in [5, 5.41) is 0. The van der Waals surface area contributed by atoms with Crippen LogP contribution in [0.5, 0.6) is 0 Å². The minimum Gasteiger partial charge on any atom is -0.292 e. The quantitative estimate of drug-likeness (QED) is 0.595. The van der Waals surface area contributed by atoms with Crippen molar-refractivity contribution >= 4 is 23.3 Å². The molecule has 0 radical (unpaired) electrons. The largest absolute Gasteiger partial charge is 0.292 e. The summed E-state index contributed by atoms with van der Waals surface area (Å²) >= 11 is 0. The van der Waals surface area contributed by atoms with Crippen LogP contribution in [0.4, 0.5) is 10.1 Å². The molecule has 4 atom stereocenters. The monoisotopic (exact) mass is 392 g/mol. The van der Waals surface area contributed by atoms with Crippen LogP contribution in [0, 0.1) is 24.6 Å². The number of aryl methyl sites for hydroxylation is 1. The standard InChI is InChI=1S/C23H21FN2O3/c1-13-4-6-14(7-5-13)21(27)20-19-18(17-3-2-12-25(17)20)22(28)26(23(19)29)16-10-8-15(24)9-11-16/h4-11,17-20H,2-3,12H2,1H3/t17-,18-,19-,20+/m1/s1. The molecule has 5 nitrogen and oxygen atoms in total. The van der Waals surface area contributed by atoms with Crippen LogP contribution in [-0.2, 0) is 9.59 Å². The minimum atomic E-state index is -0.688. The molecule has 3 aliphatic heterocycles. The number of hydrogen-bond donors (Lipinski definition) is 0. The van der Waals surface area contributed by atoms with Crippen molar-refractivity contribution in [3.05, 3.63) is 65.5 Å². The van der Waals surface area contributed by atoms with Gasteiger partial charge in [0.2, 0.25) is 11.8 Å². The second kappa shape index (κ2) is 6.59. The summed E-state index contributed by atoms with van der Waals surface area (Å²) in [4.78, 5) is 43.2. The Morgan fingerprint density at radius 3 is 2.31 bits per heavy atom. The summed E-state index contributed by atoms with van der Waals surface area (Å²) in [5.41, 5.74) is 1.98. The van der Waals surface area contributed by atoms with E-state index >= 15 is 0 Å². The van der Waals surface area contributed by atoms with Crippen LogP contribution in [0.25, 0.3) is 0 Å². The SMILES string of the molecule is Cc1ccc(C(=O)[C@@H]2[C@@H]3C(=O)N(c4ccc(F)cc4)C(=O)[C@@H]3[C@H]3CCCN32)cc1. The van der Waals surface area contributed by atoms with E-state index in [0.717, 1.165) is 29.8 Å². The van der Waals surface area contributed by atoms with Gasteiger partial charge in [0.25, 0.3) is 0 Å². The first kappa shape index (κ1) is 18.2. The summed E-state index contributed by atoms with van der Waals surface area (Å²) in [6.07, 6.45) is 1.71. The molecule has 3 heterocycles. The maximum atomic E-state index is 13.4. The number of anilines is 1. The number of halogens is 1. The summed E-state index contributed by atoms with van der Waals surface area (Å²) < 4.78 is 13.3. The molecular formula is C23H21FN2O3.